The summed E-state index contributed by atoms with van der Waals surface area (Å²) in [5.74, 6) is -1.09. The van der Waals surface area contributed by atoms with Crippen molar-refractivity contribution in [2.45, 2.75) is 31.7 Å². The first kappa shape index (κ1) is 19.3. The Morgan fingerprint density at radius 1 is 1.11 bits per heavy atom. The summed E-state index contributed by atoms with van der Waals surface area (Å²) in [6.07, 6.45) is 4.18. The van der Waals surface area contributed by atoms with Gasteiger partial charge in [-0.15, -0.1) is 0 Å². The van der Waals surface area contributed by atoms with E-state index in [1.165, 1.54) is 6.07 Å². The van der Waals surface area contributed by atoms with Gasteiger partial charge in [0.1, 0.15) is 5.82 Å². The van der Waals surface area contributed by atoms with E-state index in [0.29, 0.717) is 25.0 Å². The summed E-state index contributed by atoms with van der Waals surface area (Å²) in [7, 11) is 0. The lowest BCUT2D eigenvalue weighted by Crippen LogP contribution is -2.30. The topological polar surface area (TPSA) is 55.8 Å². The average molecular weight is 370 g/mol. The van der Waals surface area contributed by atoms with Crippen LogP contribution in [0, 0.1) is 11.7 Å². The van der Waals surface area contributed by atoms with E-state index in [1.807, 2.05) is 42.5 Å². The van der Waals surface area contributed by atoms with Crippen LogP contribution in [0.3, 0.4) is 0 Å². The third-order valence-corrected chi connectivity index (χ3v) is 4.58. The molecule has 1 saturated heterocycles. The number of carbonyl (C=O) groups is 1. The number of allylic oxidation sites excluding steroid dienone is 2. The summed E-state index contributed by atoms with van der Waals surface area (Å²) >= 11 is 0. The zero-order valence-electron chi connectivity index (χ0n) is 15.0. The highest BCUT2D eigenvalue weighted by Crippen LogP contribution is 2.40. The zero-order chi connectivity index (χ0) is 19.1. The molecule has 0 bridgehead atoms. The van der Waals surface area contributed by atoms with Crippen molar-refractivity contribution in [3.05, 3.63) is 83.7 Å². The van der Waals surface area contributed by atoms with Gasteiger partial charge in [-0.2, -0.15) is 0 Å². The number of ether oxygens (including phenoxy) is 2. The van der Waals surface area contributed by atoms with E-state index in [4.69, 9.17) is 14.6 Å². The molecule has 2 aromatic rings. The van der Waals surface area contributed by atoms with Crippen molar-refractivity contribution < 1.29 is 23.8 Å². The van der Waals surface area contributed by atoms with Gasteiger partial charge in [0.05, 0.1) is 12.7 Å². The Kier molecular flexibility index (Phi) is 6.74. The van der Waals surface area contributed by atoms with Gasteiger partial charge in [-0.25, -0.2) is 4.39 Å². The van der Waals surface area contributed by atoms with Crippen molar-refractivity contribution in [1.82, 2.24) is 0 Å². The second kappa shape index (κ2) is 9.44. The summed E-state index contributed by atoms with van der Waals surface area (Å²) in [4.78, 5) is 10.6. The summed E-state index contributed by atoms with van der Waals surface area (Å²) in [5, 5.41) is 8.71. The van der Waals surface area contributed by atoms with E-state index in [1.54, 1.807) is 18.2 Å². The Labute approximate surface area is 158 Å². The third-order valence-electron chi connectivity index (χ3n) is 4.58. The minimum absolute atomic E-state index is 0.0662. The van der Waals surface area contributed by atoms with Crippen LogP contribution in [-0.2, 0) is 14.3 Å². The van der Waals surface area contributed by atoms with Crippen molar-refractivity contribution in [2.75, 3.05) is 6.61 Å². The molecule has 3 rings (SSSR count). The van der Waals surface area contributed by atoms with E-state index in [9.17, 15) is 9.18 Å². The summed E-state index contributed by atoms with van der Waals surface area (Å²) < 4.78 is 26.1. The molecular weight excluding hydrogens is 347 g/mol. The van der Waals surface area contributed by atoms with Crippen molar-refractivity contribution in [2.24, 2.45) is 5.92 Å². The van der Waals surface area contributed by atoms with Gasteiger partial charge in [-0.05, 0) is 24.5 Å². The van der Waals surface area contributed by atoms with Gasteiger partial charge >= 0.3 is 5.97 Å². The van der Waals surface area contributed by atoms with Crippen LogP contribution in [0.25, 0.3) is 0 Å². The normalized spacial score (nSPS) is 22.8. The van der Waals surface area contributed by atoms with Crippen molar-refractivity contribution in [3.63, 3.8) is 0 Å². The van der Waals surface area contributed by atoms with Crippen LogP contribution in [0.5, 0.6) is 0 Å². The SMILES string of the molecule is O=C(O)CC/C=C\CC1COC(c2ccccc2F)OC1c1ccccc1. The maximum Gasteiger partial charge on any atom is 0.303 e. The van der Waals surface area contributed by atoms with Crippen molar-refractivity contribution in [1.29, 1.82) is 0 Å². The molecule has 3 atom stereocenters. The minimum Gasteiger partial charge on any atom is -0.481 e. The highest BCUT2D eigenvalue weighted by molar-refractivity contribution is 5.66. The molecule has 0 amide bonds. The molecule has 4 nitrogen and oxygen atoms in total. The number of carboxylic acid groups (broad SMARTS) is 1. The number of rotatable bonds is 7. The zero-order valence-corrected chi connectivity index (χ0v) is 15.0. The van der Waals surface area contributed by atoms with Gasteiger partial charge in [-0.1, -0.05) is 60.7 Å². The molecule has 5 heteroatoms. The first-order valence-corrected chi connectivity index (χ1v) is 9.08. The van der Waals surface area contributed by atoms with Crippen LogP contribution in [0.4, 0.5) is 4.39 Å². The average Bonchev–Trinajstić information content (AvgIpc) is 2.69. The largest absolute Gasteiger partial charge is 0.481 e. The number of carboxylic acids is 1. The fourth-order valence-corrected chi connectivity index (χ4v) is 3.19. The highest BCUT2D eigenvalue weighted by atomic mass is 19.1. The van der Waals surface area contributed by atoms with E-state index in [-0.39, 0.29) is 24.3 Å². The van der Waals surface area contributed by atoms with Gasteiger partial charge in [-0.3, -0.25) is 4.79 Å². The predicted octanol–water partition coefficient (Wildman–Crippen LogP) is 5.04. The van der Waals surface area contributed by atoms with Crippen LogP contribution in [0.15, 0.2) is 66.7 Å². The second-order valence-corrected chi connectivity index (χ2v) is 6.55. The number of halogens is 1. The van der Waals surface area contributed by atoms with Crippen molar-refractivity contribution >= 4 is 5.97 Å². The van der Waals surface area contributed by atoms with Gasteiger partial charge in [0, 0.05) is 17.9 Å². The molecule has 0 aromatic heterocycles. The van der Waals surface area contributed by atoms with E-state index in [2.05, 4.69) is 0 Å². The Hall–Kier alpha value is -2.50. The van der Waals surface area contributed by atoms with Crippen LogP contribution < -0.4 is 0 Å². The third kappa shape index (κ3) is 5.25. The summed E-state index contributed by atoms with van der Waals surface area (Å²) in [5.41, 5.74) is 1.42. The maximum absolute atomic E-state index is 14.1. The molecule has 2 aromatic carbocycles. The number of hydrogen-bond acceptors (Lipinski definition) is 3. The standard InChI is InChI=1S/C22H23FO4/c23-19-13-8-7-12-18(19)22-26-15-17(11-5-2-6-14-20(24)25)21(27-22)16-9-3-1-4-10-16/h1-5,7-10,12-13,17,21-22H,6,11,14-15H2,(H,24,25)/b5-2-. The van der Waals surface area contributed by atoms with Crippen LogP contribution in [0.1, 0.15) is 42.8 Å². The number of benzene rings is 2. The predicted molar refractivity (Wildman–Crippen MR) is 99.5 cm³/mol. The first-order valence-electron chi connectivity index (χ1n) is 9.08. The van der Waals surface area contributed by atoms with E-state index in [0.717, 1.165) is 5.56 Å². The lowest BCUT2D eigenvalue weighted by molar-refractivity contribution is -0.244. The molecule has 0 spiro atoms. The van der Waals surface area contributed by atoms with Gasteiger partial charge < -0.3 is 14.6 Å². The Balaban J connectivity index is 1.72. The van der Waals surface area contributed by atoms with Crippen LogP contribution in [0.2, 0.25) is 0 Å². The number of aliphatic carboxylic acids is 1. The fourth-order valence-electron chi connectivity index (χ4n) is 3.19. The quantitative estimate of drug-likeness (QED) is 0.694. The van der Waals surface area contributed by atoms with E-state index < -0.39 is 12.3 Å². The molecule has 3 unspecified atom stereocenters. The summed E-state index contributed by atoms with van der Waals surface area (Å²) in [6.45, 7) is 0.432. The molecule has 0 radical (unpaired) electrons. The molecule has 1 fully saturated rings. The molecule has 1 aliphatic heterocycles. The van der Waals surface area contributed by atoms with Gasteiger partial charge in [0.2, 0.25) is 0 Å². The lowest BCUT2D eigenvalue weighted by atomic mass is 9.92. The first-order chi connectivity index (χ1) is 13.1. The Morgan fingerprint density at radius 2 is 1.85 bits per heavy atom. The maximum atomic E-state index is 14.1. The molecule has 1 N–H and O–H groups in total. The van der Waals surface area contributed by atoms with Crippen LogP contribution in [-0.4, -0.2) is 17.7 Å². The molecule has 0 saturated carbocycles. The lowest BCUT2D eigenvalue weighted by Gasteiger charge is -2.37. The highest BCUT2D eigenvalue weighted by Gasteiger charge is 2.34. The van der Waals surface area contributed by atoms with Gasteiger partial charge in [0.25, 0.3) is 0 Å². The smallest absolute Gasteiger partial charge is 0.303 e. The molecule has 1 aliphatic rings. The second-order valence-electron chi connectivity index (χ2n) is 6.55. The molecule has 142 valence electrons. The Morgan fingerprint density at radius 3 is 2.59 bits per heavy atom. The fraction of sp³-hybridized carbons (Fsp3) is 0.318. The Bertz CT molecular complexity index is 775. The van der Waals surface area contributed by atoms with Gasteiger partial charge in [0.15, 0.2) is 6.29 Å². The minimum atomic E-state index is -0.807. The van der Waals surface area contributed by atoms with Crippen molar-refractivity contribution in [3.8, 4) is 0 Å². The number of hydrogen-bond donors (Lipinski definition) is 1. The molecular formula is C22H23FO4. The van der Waals surface area contributed by atoms with Crippen LogP contribution >= 0.6 is 0 Å². The monoisotopic (exact) mass is 370 g/mol. The molecule has 0 aliphatic carbocycles. The molecule has 27 heavy (non-hydrogen) atoms. The molecule has 1 heterocycles. The summed E-state index contributed by atoms with van der Waals surface area (Å²) in [6, 6.07) is 16.3. The van der Waals surface area contributed by atoms with E-state index >= 15 is 0 Å².